The fourth-order valence-corrected chi connectivity index (χ4v) is 2.63. The highest BCUT2D eigenvalue weighted by Crippen LogP contribution is 2.14. The number of piperidine rings is 1. The van der Waals surface area contributed by atoms with Crippen molar-refractivity contribution in [3.8, 4) is 0 Å². The number of hydrogen-bond acceptors (Lipinski definition) is 4. The molecule has 0 saturated carbocycles. The molecule has 1 aliphatic heterocycles. The summed E-state index contributed by atoms with van der Waals surface area (Å²) in [6.45, 7) is 7.57. The summed E-state index contributed by atoms with van der Waals surface area (Å²) in [5.74, 6) is 2.14. The second-order valence-corrected chi connectivity index (χ2v) is 6.12. The van der Waals surface area contributed by atoms with Gasteiger partial charge < -0.3 is 19.7 Å². The summed E-state index contributed by atoms with van der Waals surface area (Å²) in [6, 6.07) is 0. The number of nitrogens with one attached hydrogen (secondary N) is 1. The van der Waals surface area contributed by atoms with Crippen LogP contribution >= 0.6 is 35.7 Å². The molecular weight excluding hydrogens is 413 g/mol. The Morgan fingerprint density at radius 2 is 2.05 bits per heavy atom. The normalized spacial score (nSPS) is 16.5. The van der Waals surface area contributed by atoms with Crippen LogP contribution in [0.2, 0.25) is 0 Å². The van der Waals surface area contributed by atoms with Gasteiger partial charge in [0.2, 0.25) is 0 Å². The Morgan fingerprint density at radius 1 is 1.32 bits per heavy atom. The number of methoxy groups -OCH3 is 1. The SMILES string of the molecule is CCNC(=NCCSC)N1CCC(OCCCOC)CC1.I. The fourth-order valence-electron chi connectivity index (χ4n) is 2.36. The average Bonchev–Trinajstić information content (AvgIpc) is 2.52. The Morgan fingerprint density at radius 3 is 2.64 bits per heavy atom. The van der Waals surface area contributed by atoms with Gasteiger partial charge in [0, 0.05) is 45.7 Å². The first-order chi connectivity index (χ1) is 10.3. The van der Waals surface area contributed by atoms with Crippen molar-refractivity contribution in [2.75, 3.05) is 58.5 Å². The van der Waals surface area contributed by atoms with E-state index in [1.54, 1.807) is 7.11 Å². The summed E-state index contributed by atoms with van der Waals surface area (Å²) < 4.78 is 10.9. The van der Waals surface area contributed by atoms with E-state index in [-0.39, 0.29) is 24.0 Å². The largest absolute Gasteiger partial charge is 0.385 e. The van der Waals surface area contributed by atoms with Crippen LogP contribution in [0.4, 0.5) is 0 Å². The van der Waals surface area contributed by atoms with E-state index in [1.807, 2.05) is 11.8 Å². The maximum atomic E-state index is 5.90. The van der Waals surface area contributed by atoms with Crippen LogP contribution in [0.25, 0.3) is 0 Å². The minimum Gasteiger partial charge on any atom is -0.385 e. The van der Waals surface area contributed by atoms with E-state index in [2.05, 4.69) is 23.4 Å². The molecule has 0 unspecified atom stereocenters. The molecule has 1 rings (SSSR count). The van der Waals surface area contributed by atoms with E-state index in [9.17, 15) is 0 Å². The number of ether oxygens (including phenoxy) is 2. The first kappa shape index (κ1) is 22.3. The molecule has 0 aliphatic carbocycles. The van der Waals surface area contributed by atoms with Crippen LogP contribution < -0.4 is 5.32 Å². The van der Waals surface area contributed by atoms with Crippen LogP contribution in [0.3, 0.4) is 0 Å². The van der Waals surface area contributed by atoms with Crippen molar-refractivity contribution in [1.29, 1.82) is 0 Å². The number of aliphatic imine (C=N–C) groups is 1. The standard InChI is InChI=1S/C15H31N3O2S.HI/c1-4-16-15(17-8-13-21-3)18-9-6-14(7-10-18)20-12-5-11-19-2;/h14H,4-13H2,1-3H3,(H,16,17);1H. The van der Waals surface area contributed by atoms with E-state index >= 15 is 0 Å². The Labute approximate surface area is 157 Å². The summed E-state index contributed by atoms with van der Waals surface area (Å²) in [4.78, 5) is 7.05. The van der Waals surface area contributed by atoms with Crippen molar-refractivity contribution in [2.45, 2.75) is 32.3 Å². The number of thioether (sulfide) groups is 1. The summed E-state index contributed by atoms with van der Waals surface area (Å²) in [6.07, 6.45) is 5.66. The lowest BCUT2D eigenvalue weighted by Crippen LogP contribution is -2.47. The minimum absolute atomic E-state index is 0. The molecule has 7 heteroatoms. The lowest BCUT2D eigenvalue weighted by Gasteiger charge is -2.34. The summed E-state index contributed by atoms with van der Waals surface area (Å²) in [7, 11) is 1.73. The van der Waals surface area contributed by atoms with Gasteiger partial charge in [0.1, 0.15) is 0 Å². The number of likely N-dealkylation sites (tertiary alicyclic amines) is 1. The van der Waals surface area contributed by atoms with E-state index in [0.29, 0.717) is 6.10 Å². The number of guanidine groups is 1. The molecule has 132 valence electrons. The van der Waals surface area contributed by atoms with Crippen LogP contribution in [0.5, 0.6) is 0 Å². The third kappa shape index (κ3) is 9.42. The molecule has 0 amide bonds. The molecule has 1 heterocycles. The predicted octanol–water partition coefficient (Wildman–Crippen LogP) is 2.45. The van der Waals surface area contributed by atoms with Crippen molar-refractivity contribution in [3.63, 3.8) is 0 Å². The van der Waals surface area contributed by atoms with Crippen molar-refractivity contribution in [1.82, 2.24) is 10.2 Å². The van der Waals surface area contributed by atoms with Gasteiger partial charge >= 0.3 is 0 Å². The smallest absolute Gasteiger partial charge is 0.193 e. The van der Waals surface area contributed by atoms with Crippen molar-refractivity contribution in [2.24, 2.45) is 4.99 Å². The molecule has 0 radical (unpaired) electrons. The minimum atomic E-state index is 0. The Bertz CT molecular complexity index is 288. The molecule has 1 saturated heterocycles. The molecule has 0 bridgehead atoms. The molecule has 0 aromatic carbocycles. The van der Waals surface area contributed by atoms with Gasteiger partial charge in [0.25, 0.3) is 0 Å². The maximum Gasteiger partial charge on any atom is 0.193 e. The van der Waals surface area contributed by atoms with Gasteiger partial charge in [-0.25, -0.2) is 0 Å². The monoisotopic (exact) mass is 445 g/mol. The van der Waals surface area contributed by atoms with Crippen LogP contribution in [-0.2, 0) is 9.47 Å². The summed E-state index contributed by atoms with van der Waals surface area (Å²) >= 11 is 1.84. The van der Waals surface area contributed by atoms with Gasteiger partial charge in [0.05, 0.1) is 12.6 Å². The molecule has 1 N–H and O–H groups in total. The average molecular weight is 445 g/mol. The zero-order valence-corrected chi connectivity index (χ0v) is 17.3. The van der Waals surface area contributed by atoms with E-state index in [1.165, 1.54) is 0 Å². The van der Waals surface area contributed by atoms with Gasteiger partial charge in [-0.3, -0.25) is 4.99 Å². The molecule has 1 fully saturated rings. The third-order valence-corrected chi connectivity index (χ3v) is 4.07. The van der Waals surface area contributed by atoms with Crippen molar-refractivity contribution >= 4 is 41.7 Å². The molecule has 1 aliphatic rings. The number of hydrogen-bond donors (Lipinski definition) is 1. The van der Waals surface area contributed by atoms with Gasteiger partial charge in [-0.2, -0.15) is 11.8 Å². The molecule has 0 atom stereocenters. The molecule has 0 spiro atoms. The first-order valence-corrected chi connectivity index (χ1v) is 9.34. The first-order valence-electron chi connectivity index (χ1n) is 7.94. The maximum absolute atomic E-state index is 5.90. The van der Waals surface area contributed by atoms with Crippen molar-refractivity contribution in [3.05, 3.63) is 0 Å². The summed E-state index contributed by atoms with van der Waals surface area (Å²) in [5, 5.41) is 3.40. The van der Waals surface area contributed by atoms with Crippen molar-refractivity contribution < 1.29 is 9.47 Å². The Hall–Kier alpha value is 0.270. The highest BCUT2D eigenvalue weighted by molar-refractivity contribution is 14.0. The number of rotatable bonds is 9. The van der Waals surface area contributed by atoms with Gasteiger partial charge in [-0.15, -0.1) is 24.0 Å². The molecule has 5 nitrogen and oxygen atoms in total. The zero-order chi connectivity index (χ0) is 15.3. The predicted molar refractivity (Wildman–Crippen MR) is 107 cm³/mol. The molecule has 0 aromatic rings. The van der Waals surface area contributed by atoms with Crippen LogP contribution in [-0.4, -0.2) is 75.5 Å². The molecule has 0 aromatic heterocycles. The highest BCUT2D eigenvalue weighted by atomic mass is 127. The topological polar surface area (TPSA) is 46.1 Å². The molecular formula is C15H32IN3O2S. The van der Waals surface area contributed by atoms with Crippen LogP contribution in [0, 0.1) is 0 Å². The van der Waals surface area contributed by atoms with Gasteiger partial charge in [0.15, 0.2) is 5.96 Å². The second kappa shape index (κ2) is 14.8. The quantitative estimate of drug-likeness (QED) is 0.256. The summed E-state index contributed by atoms with van der Waals surface area (Å²) in [5.41, 5.74) is 0. The number of halogens is 1. The third-order valence-electron chi connectivity index (χ3n) is 3.48. The lowest BCUT2D eigenvalue weighted by molar-refractivity contribution is 0.00991. The highest BCUT2D eigenvalue weighted by Gasteiger charge is 2.21. The van der Waals surface area contributed by atoms with Crippen LogP contribution in [0.1, 0.15) is 26.2 Å². The van der Waals surface area contributed by atoms with Crippen LogP contribution in [0.15, 0.2) is 4.99 Å². The lowest BCUT2D eigenvalue weighted by atomic mass is 10.1. The van der Waals surface area contributed by atoms with Gasteiger partial charge in [-0.05, 0) is 32.4 Å². The Kier molecular flexibility index (Phi) is 15.0. The Balaban J connectivity index is 0.00000441. The number of nitrogens with zero attached hydrogens (tertiary/aromatic N) is 2. The van der Waals surface area contributed by atoms with E-state index in [0.717, 1.165) is 70.4 Å². The molecule has 22 heavy (non-hydrogen) atoms. The fraction of sp³-hybridized carbons (Fsp3) is 0.933. The van der Waals surface area contributed by atoms with E-state index < -0.39 is 0 Å². The van der Waals surface area contributed by atoms with Gasteiger partial charge in [-0.1, -0.05) is 0 Å². The van der Waals surface area contributed by atoms with E-state index in [4.69, 9.17) is 14.5 Å². The zero-order valence-electron chi connectivity index (χ0n) is 14.2. The second-order valence-electron chi connectivity index (χ2n) is 5.13.